The number of aromatic nitrogens is 2. The number of hydrogen-bond acceptors (Lipinski definition) is 4. The highest BCUT2D eigenvalue weighted by Crippen LogP contribution is 2.14. The van der Waals surface area contributed by atoms with E-state index in [1.807, 2.05) is 0 Å². The number of rotatable bonds is 6. The molecule has 0 amide bonds. The molecule has 0 radical (unpaired) electrons. The molecule has 0 aliphatic rings. The lowest BCUT2D eigenvalue weighted by Crippen LogP contribution is -2.28. The van der Waals surface area contributed by atoms with Crippen molar-refractivity contribution in [1.29, 1.82) is 0 Å². The van der Waals surface area contributed by atoms with E-state index in [0.29, 0.717) is 0 Å². The number of hydrogen-bond donors (Lipinski definition) is 2. The lowest BCUT2D eigenvalue weighted by Gasteiger charge is -2.08. The third kappa shape index (κ3) is 5.15. The third-order valence-corrected chi connectivity index (χ3v) is 3.02. The van der Waals surface area contributed by atoms with Crippen molar-refractivity contribution < 1.29 is 26.3 Å². The molecule has 0 aliphatic heterocycles. The van der Waals surface area contributed by atoms with Gasteiger partial charge < -0.3 is 4.74 Å². The number of nitrogens with zero attached hydrogens (tertiary/aromatic N) is 1. The first-order chi connectivity index (χ1) is 7.81. The van der Waals surface area contributed by atoms with Crippen LogP contribution in [-0.4, -0.2) is 44.5 Å². The van der Waals surface area contributed by atoms with Crippen molar-refractivity contribution in [2.45, 2.75) is 11.1 Å². The Kier molecular flexibility index (Phi) is 4.48. The molecule has 1 aromatic rings. The molecule has 98 valence electrons. The van der Waals surface area contributed by atoms with Crippen LogP contribution in [0.15, 0.2) is 17.3 Å². The van der Waals surface area contributed by atoms with E-state index in [9.17, 15) is 21.6 Å². The summed E-state index contributed by atoms with van der Waals surface area (Å²) in [5.41, 5.74) is 0. The minimum atomic E-state index is -4.41. The second-order valence-electron chi connectivity index (χ2n) is 3.00. The van der Waals surface area contributed by atoms with Gasteiger partial charge in [-0.3, -0.25) is 5.10 Å². The van der Waals surface area contributed by atoms with Gasteiger partial charge in [0.1, 0.15) is 11.5 Å². The number of alkyl halides is 3. The average Bonchev–Trinajstić information content (AvgIpc) is 2.68. The average molecular weight is 273 g/mol. The Morgan fingerprint density at radius 1 is 1.47 bits per heavy atom. The van der Waals surface area contributed by atoms with Crippen molar-refractivity contribution in [3.63, 3.8) is 0 Å². The van der Waals surface area contributed by atoms with Gasteiger partial charge >= 0.3 is 6.18 Å². The van der Waals surface area contributed by atoms with Crippen molar-refractivity contribution in [3.05, 3.63) is 12.4 Å². The van der Waals surface area contributed by atoms with Gasteiger partial charge in [-0.05, 0) is 0 Å². The van der Waals surface area contributed by atoms with E-state index in [2.05, 4.69) is 19.7 Å². The SMILES string of the molecule is O=S(=O)(NCCOCC(F)(F)F)c1cn[nH]c1. The van der Waals surface area contributed by atoms with Crippen LogP contribution in [0.5, 0.6) is 0 Å². The minimum Gasteiger partial charge on any atom is -0.371 e. The van der Waals surface area contributed by atoms with Crippen molar-refractivity contribution in [2.75, 3.05) is 19.8 Å². The summed E-state index contributed by atoms with van der Waals surface area (Å²) in [6, 6.07) is 0. The summed E-state index contributed by atoms with van der Waals surface area (Å²) in [5.74, 6) is 0. The Hall–Kier alpha value is -1.13. The van der Waals surface area contributed by atoms with Crippen LogP contribution < -0.4 is 4.72 Å². The second-order valence-corrected chi connectivity index (χ2v) is 4.77. The van der Waals surface area contributed by atoms with Crippen LogP contribution in [0.25, 0.3) is 0 Å². The number of halogens is 3. The molecule has 0 saturated carbocycles. The van der Waals surface area contributed by atoms with E-state index in [1.165, 1.54) is 0 Å². The van der Waals surface area contributed by atoms with Crippen LogP contribution in [0.1, 0.15) is 0 Å². The molecule has 0 bridgehead atoms. The highest BCUT2D eigenvalue weighted by atomic mass is 32.2. The van der Waals surface area contributed by atoms with Gasteiger partial charge in [-0.25, -0.2) is 13.1 Å². The van der Waals surface area contributed by atoms with E-state index in [-0.39, 0.29) is 18.0 Å². The van der Waals surface area contributed by atoms with Gasteiger partial charge in [0.05, 0.1) is 12.8 Å². The molecule has 0 aliphatic carbocycles. The van der Waals surface area contributed by atoms with Crippen LogP contribution in [0.2, 0.25) is 0 Å². The molecule has 2 N–H and O–H groups in total. The molecule has 0 spiro atoms. The fourth-order valence-electron chi connectivity index (χ4n) is 0.905. The Bertz CT molecular complexity index is 429. The van der Waals surface area contributed by atoms with E-state index < -0.39 is 22.8 Å². The number of sulfonamides is 1. The van der Waals surface area contributed by atoms with E-state index in [1.54, 1.807) is 0 Å². The van der Waals surface area contributed by atoms with E-state index in [0.717, 1.165) is 12.4 Å². The number of H-pyrrole nitrogens is 1. The Morgan fingerprint density at radius 3 is 2.71 bits per heavy atom. The molecular weight excluding hydrogens is 263 g/mol. The zero-order valence-corrected chi connectivity index (χ0v) is 9.31. The lowest BCUT2D eigenvalue weighted by atomic mass is 10.7. The van der Waals surface area contributed by atoms with Crippen LogP contribution in [0.4, 0.5) is 13.2 Å². The van der Waals surface area contributed by atoms with Crippen LogP contribution in [-0.2, 0) is 14.8 Å². The van der Waals surface area contributed by atoms with Gasteiger partial charge in [-0.2, -0.15) is 18.3 Å². The fourth-order valence-corrected chi connectivity index (χ4v) is 1.82. The zero-order chi connectivity index (χ0) is 12.9. The molecule has 0 fully saturated rings. The van der Waals surface area contributed by atoms with Gasteiger partial charge in [0, 0.05) is 12.7 Å². The van der Waals surface area contributed by atoms with Gasteiger partial charge in [-0.15, -0.1) is 0 Å². The molecule has 1 aromatic heterocycles. The molecular formula is C7H10F3N3O3S. The Balaban J connectivity index is 2.28. The standard InChI is InChI=1S/C7H10F3N3O3S/c8-7(9,10)5-16-2-1-13-17(14,15)6-3-11-12-4-6/h3-4,13H,1-2,5H2,(H,11,12). The maximum atomic E-state index is 11.7. The van der Waals surface area contributed by atoms with Crippen molar-refractivity contribution in [1.82, 2.24) is 14.9 Å². The molecule has 6 nitrogen and oxygen atoms in total. The highest BCUT2D eigenvalue weighted by molar-refractivity contribution is 7.89. The maximum absolute atomic E-state index is 11.7. The molecule has 10 heteroatoms. The summed E-state index contributed by atoms with van der Waals surface area (Å²) in [6.45, 7) is -2.01. The fraction of sp³-hybridized carbons (Fsp3) is 0.571. The predicted molar refractivity (Wildman–Crippen MR) is 50.7 cm³/mol. The van der Waals surface area contributed by atoms with Gasteiger partial charge in [0.15, 0.2) is 0 Å². The summed E-state index contributed by atoms with van der Waals surface area (Å²) in [5, 5.41) is 5.75. The largest absolute Gasteiger partial charge is 0.411 e. The van der Waals surface area contributed by atoms with E-state index >= 15 is 0 Å². The maximum Gasteiger partial charge on any atom is 0.411 e. The molecule has 1 heterocycles. The predicted octanol–water partition coefficient (Wildman–Crippen LogP) is 0.267. The van der Waals surface area contributed by atoms with Crippen molar-refractivity contribution in [2.24, 2.45) is 0 Å². The lowest BCUT2D eigenvalue weighted by molar-refractivity contribution is -0.173. The first-order valence-electron chi connectivity index (χ1n) is 4.44. The van der Waals surface area contributed by atoms with Gasteiger partial charge in [0.25, 0.3) is 0 Å². The summed E-state index contributed by atoms with van der Waals surface area (Å²) >= 11 is 0. The molecule has 0 saturated heterocycles. The van der Waals surface area contributed by atoms with Crippen LogP contribution in [0, 0.1) is 0 Å². The van der Waals surface area contributed by atoms with Gasteiger partial charge in [0.2, 0.25) is 10.0 Å². The molecule has 0 atom stereocenters. The summed E-state index contributed by atoms with van der Waals surface area (Å²) < 4.78 is 64.1. The number of ether oxygens (including phenoxy) is 1. The van der Waals surface area contributed by atoms with Gasteiger partial charge in [-0.1, -0.05) is 0 Å². The number of aromatic amines is 1. The summed E-state index contributed by atoms with van der Waals surface area (Å²) in [6.07, 6.45) is -2.18. The summed E-state index contributed by atoms with van der Waals surface area (Å²) in [4.78, 5) is -0.0895. The quantitative estimate of drug-likeness (QED) is 0.728. The molecule has 0 aromatic carbocycles. The molecule has 1 rings (SSSR count). The normalized spacial score (nSPS) is 12.9. The number of nitrogens with one attached hydrogen (secondary N) is 2. The van der Waals surface area contributed by atoms with Crippen molar-refractivity contribution >= 4 is 10.0 Å². The van der Waals surface area contributed by atoms with E-state index in [4.69, 9.17) is 0 Å². The van der Waals surface area contributed by atoms with Crippen molar-refractivity contribution in [3.8, 4) is 0 Å². The minimum absolute atomic E-state index is 0.0895. The first kappa shape index (κ1) is 13.9. The van der Waals surface area contributed by atoms with Crippen LogP contribution >= 0.6 is 0 Å². The smallest absolute Gasteiger partial charge is 0.371 e. The molecule has 0 unspecified atom stereocenters. The highest BCUT2D eigenvalue weighted by Gasteiger charge is 2.27. The Labute approximate surface area is 95.2 Å². The topological polar surface area (TPSA) is 84.1 Å². The first-order valence-corrected chi connectivity index (χ1v) is 5.92. The summed E-state index contributed by atoms with van der Waals surface area (Å²) in [7, 11) is -3.74. The molecule has 17 heavy (non-hydrogen) atoms. The third-order valence-electron chi connectivity index (χ3n) is 1.59. The monoisotopic (exact) mass is 273 g/mol. The Morgan fingerprint density at radius 2 is 2.18 bits per heavy atom. The van der Waals surface area contributed by atoms with Crippen LogP contribution in [0.3, 0.4) is 0 Å². The second kappa shape index (κ2) is 5.47. The zero-order valence-electron chi connectivity index (χ0n) is 8.49.